The van der Waals surface area contributed by atoms with Crippen LogP contribution >= 0.6 is 0 Å². The number of nitrogens with zero attached hydrogens (tertiary/aromatic N) is 2. The lowest BCUT2D eigenvalue weighted by molar-refractivity contribution is -0.888. The summed E-state index contributed by atoms with van der Waals surface area (Å²) in [6.45, 7) is 6.51. The normalized spacial score (nSPS) is 16.0. The van der Waals surface area contributed by atoms with Crippen molar-refractivity contribution < 1.29 is 33.3 Å². The van der Waals surface area contributed by atoms with Crippen molar-refractivity contribution in [3.8, 4) is 0 Å². The summed E-state index contributed by atoms with van der Waals surface area (Å²) in [5.41, 5.74) is 0. The molecule has 1 amide bonds. The zero-order valence-electron chi connectivity index (χ0n) is 21.4. The van der Waals surface area contributed by atoms with Crippen molar-refractivity contribution in [3.63, 3.8) is 0 Å². The molecule has 0 saturated carbocycles. The molecule has 1 saturated heterocycles. The topological polar surface area (TPSA) is 20.3 Å². The number of halogens is 1. The van der Waals surface area contributed by atoms with Crippen LogP contribution in [0, 0.1) is 0 Å². The van der Waals surface area contributed by atoms with E-state index < -0.39 is 0 Å². The molecule has 0 aromatic carbocycles. The smallest absolute Gasteiger partial charge is 0.222 e. The third-order valence-electron chi connectivity index (χ3n) is 7.01. The summed E-state index contributed by atoms with van der Waals surface area (Å²) < 4.78 is 1.06. The van der Waals surface area contributed by atoms with Crippen LogP contribution < -0.4 is 24.0 Å². The third-order valence-corrected chi connectivity index (χ3v) is 7.01. The van der Waals surface area contributed by atoms with Crippen molar-refractivity contribution in [1.29, 1.82) is 0 Å². The van der Waals surface area contributed by atoms with Crippen LogP contribution in [-0.2, 0) is 4.79 Å². The molecule has 1 rings (SSSR count). The summed E-state index contributed by atoms with van der Waals surface area (Å²) >= 11 is 0. The number of amides is 1. The first kappa shape index (κ1) is 31.2. The highest BCUT2D eigenvalue weighted by Crippen LogP contribution is 2.15. The van der Waals surface area contributed by atoms with Gasteiger partial charge in [0.25, 0.3) is 0 Å². The van der Waals surface area contributed by atoms with Crippen LogP contribution in [0.2, 0.25) is 0 Å². The van der Waals surface area contributed by atoms with Crippen molar-refractivity contribution in [2.75, 3.05) is 40.3 Å². The fraction of sp³-hybridized carbons (Fsp3) is 0.963. The molecule has 1 heterocycles. The van der Waals surface area contributed by atoms with Gasteiger partial charge in [-0.25, -0.2) is 0 Å². The highest BCUT2D eigenvalue weighted by molar-refractivity contribution is 5.76. The monoisotopic (exact) mass is 550 g/mol. The molecule has 1 aliphatic heterocycles. The lowest BCUT2D eigenvalue weighted by Crippen LogP contribution is -3.00. The molecule has 186 valence electrons. The van der Waals surface area contributed by atoms with Crippen LogP contribution in [0.4, 0.5) is 0 Å². The maximum absolute atomic E-state index is 12.4. The molecule has 0 aromatic rings. The highest BCUT2D eigenvalue weighted by atomic mass is 127. The lowest BCUT2D eigenvalue weighted by Gasteiger charge is -2.28. The maximum Gasteiger partial charge on any atom is 0.222 e. The number of quaternary nitrogens is 1. The second kappa shape index (κ2) is 20.7. The Kier molecular flexibility index (Phi) is 20.9. The quantitative estimate of drug-likeness (QED) is 0.141. The van der Waals surface area contributed by atoms with Gasteiger partial charge in [0.2, 0.25) is 5.91 Å². The molecular weight excluding hydrogens is 495 g/mol. The Hall–Kier alpha value is 0.160. The zero-order valence-corrected chi connectivity index (χ0v) is 23.6. The largest absolute Gasteiger partial charge is 1.00 e. The Morgan fingerprint density at radius 1 is 0.645 bits per heavy atom. The highest BCUT2D eigenvalue weighted by Gasteiger charge is 2.23. The standard InChI is InChI=1S/C27H55N2O.HI/c1-4-5-6-7-8-9-10-11-12-13-14-15-16-17-18-19-20-22-27(30)28-23-21-25-29(2,3)26-24-28;/h4-26H2,1-3H3;1H/q+1;/p-1. The van der Waals surface area contributed by atoms with Crippen LogP contribution in [0.1, 0.15) is 129 Å². The summed E-state index contributed by atoms with van der Waals surface area (Å²) in [5, 5.41) is 0. The molecule has 1 fully saturated rings. The zero-order chi connectivity index (χ0) is 21.9. The second-order valence-electron chi connectivity index (χ2n) is 10.5. The van der Waals surface area contributed by atoms with Gasteiger partial charge in [-0.05, 0) is 6.42 Å². The molecule has 31 heavy (non-hydrogen) atoms. The summed E-state index contributed by atoms with van der Waals surface area (Å²) in [5.74, 6) is 0.401. The van der Waals surface area contributed by atoms with Crippen molar-refractivity contribution in [2.45, 2.75) is 129 Å². The van der Waals surface area contributed by atoms with E-state index >= 15 is 0 Å². The number of carbonyl (C=O) groups excluding carboxylic acids is 1. The summed E-state index contributed by atoms with van der Waals surface area (Å²) in [6, 6.07) is 0. The average Bonchev–Trinajstić information content (AvgIpc) is 2.90. The Balaban J connectivity index is 0.00000900. The SMILES string of the molecule is CCCCCCCCCCCCCCCCCCCC(=O)N1CCC[N+](C)(C)CC1.[I-]. The van der Waals surface area contributed by atoms with Crippen molar-refractivity contribution in [3.05, 3.63) is 0 Å². The lowest BCUT2D eigenvalue weighted by atomic mass is 10.0. The van der Waals surface area contributed by atoms with Gasteiger partial charge >= 0.3 is 0 Å². The molecule has 0 radical (unpaired) electrons. The predicted octanol–water partition coefficient (Wildman–Crippen LogP) is 4.34. The number of hydrogen-bond acceptors (Lipinski definition) is 1. The van der Waals surface area contributed by atoms with Gasteiger partial charge in [0, 0.05) is 19.4 Å². The third kappa shape index (κ3) is 18.3. The van der Waals surface area contributed by atoms with Gasteiger partial charge in [-0.1, -0.05) is 110 Å². The van der Waals surface area contributed by atoms with E-state index in [0.29, 0.717) is 5.91 Å². The average molecular weight is 551 g/mol. The molecule has 0 N–H and O–H groups in total. The van der Waals surface area contributed by atoms with Gasteiger partial charge in [0.15, 0.2) is 0 Å². The minimum atomic E-state index is 0. The van der Waals surface area contributed by atoms with E-state index in [0.717, 1.165) is 43.4 Å². The van der Waals surface area contributed by atoms with Crippen LogP contribution in [0.25, 0.3) is 0 Å². The molecule has 3 nitrogen and oxygen atoms in total. The Morgan fingerprint density at radius 2 is 1.06 bits per heavy atom. The minimum absolute atomic E-state index is 0. The van der Waals surface area contributed by atoms with Gasteiger partial charge in [-0.15, -0.1) is 0 Å². The number of unbranched alkanes of at least 4 members (excludes halogenated alkanes) is 16. The van der Waals surface area contributed by atoms with Crippen LogP contribution in [0.5, 0.6) is 0 Å². The number of carbonyl (C=O) groups is 1. The van der Waals surface area contributed by atoms with E-state index in [2.05, 4.69) is 25.9 Å². The predicted molar refractivity (Wildman–Crippen MR) is 132 cm³/mol. The minimum Gasteiger partial charge on any atom is -1.00 e. The van der Waals surface area contributed by atoms with E-state index in [4.69, 9.17) is 0 Å². The fourth-order valence-electron chi connectivity index (χ4n) is 4.71. The van der Waals surface area contributed by atoms with Crippen molar-refractivity contribution in [1.82, 2.24) is 4.90 Å². The maximum atomic E-state index is 12.4. The number of hydrogen-bond donors (Lipinski definition) is 0. The summed E-state index contributed by atoms with van der Waals surface area (Å²) in [4.78, 5) is 14.6. The molecule has 0 atom stereocenters. The van der Waals surface area contributed by atoms with Crippen LogP contribution in [0.3, 0.4) is 0 Å². The number of likely N-dealkylation sites (N-methyl/N-ethyl adjacent to an activating group) is 1. The number of rotatable bonds is 18. The van der Waals surface area contributed by atoms with E-state index in [1.807, 2.05) is 0 Å². The molecule has 4 heteroatoms. The van der Waals surface area contributed by atoms with E-state index in [1.165, 1.54) is 109 Å². The second-order valence-corrected chi connectivity index (χ2v) is 10.5. The molecule has 0 aliphatic carbocycles. The van der Waals surface area contributed by atoms with Crippen LogP contribution in [-0.4, -0.2) is 55.6 Å². The van der Waals surface area contributed by atoms with E-state index in [-0.39, 0.29) is 24.0 Å². The van der Waals surface area contributed by atoms with E-state index in [9.17, 15) is 4.79 Å². The first-order chi connectivity index (χ1) is 14.5. The van der Waals surface area contributed by atoms with Crippen molar-refractivity contribution in [2.24, 2.45) is 0 Å². The van der Waals surface area contributed by atoms with Crippen molar-refractivity contribution >= 4 is 5.91 Å². The summed E-state index contributed by atoms with van der Waals surface area (Å²) in [6.07, 6.45) is 25.6. The summed E-state index contributed by atoms with van der Waals surface area (Å²) in [7, 11) is 4.56. The van der Waals surface area contributed by atoms with Gasteiger partial charge in [-0.2, -0.15) is 0 Å². The molecular formula is C27H55IN2O. The van der Waals surface area contributed by atoms with Gasteiger partial charge in [-0.3, -0.25) is 4.79 Å². The van der Waals surface area contributed by atoms with Crippen LogP contribution in [0.15, 0.2) is 0 Å². The van der Waals surface area contributed by atoms with Gasteiger partial charge in [0.1, 0.15) is 0 Å². The Morgan fingerprint density at radius 3 is 1.52 bits per heavy atom. The fourth-order valence-corrected chi connectivity index (χ4v) is 4.71. The Labute approximate surface area is 212 Å². The Bertz CT molecular complexity index is 414. The first-order valence-corrected chi connectivity index (χ1v) is 13.6. The molecule has 0 spiro atoms. The van der Waals surface area contributed by atoms with E-state index in [1.54, 1.807) is 0 Å². The molecule has 0 aromatic heterocycles. The molecule has 0 bridgehead atoms. The molecule has 1 aliphatic rings. The van der Waals surface area contributed by atoms with Gasteiger partial charge < -0.3 is 33.4 Å². The first-order valence-electron chi connectivity index (χ1n) is 13.6. The molecule has 0 unspecified atom stereocenters. The van der Waals surface area contributed by atoms with Gasteiger partial charge in [0.05, 0.1) is 33.7 Å².